The zero-order valence-electron chi connectivity index (χ0n) is 15.0. The Labute approximate surface area is 159 Å². The van der Waals surface area contributed by atoms with Crippen molar-refractivity contribution in [2.75, 3.05) is 26.8 Å². The van der Waals surface area contributed by atoms with E-state index in [1.807, 2.05) is 6.92 Å². The Bertz CT molecular complexity index is 733. The normalized spacial score (nSPS) is 12.0. The maximum absolute atomic E-state index is 12.6. The van der Waals surface area contributed by atoms with Crippen LogP contribution in [-0.2, 0) is 12.7 Å². The molecule has 0 amide bonds. The standard InChI is InChI=1S/C17H21F3N4O2S/c1-3-21-16(23-10-15-24-14(11-27-15)17(18,19)20)22-8-9-26-13-6-4-12(25-2)5-7-13/h4-7,11H,3,8-10H2,1-2H3,(H2,21,22,23). The maximum Gasteiger partial charge on any atom is 0.434 e. The van der Waals surface area contributed by atoms with E-state index < -0.39 is 11.9 Å². The van der Waals surface area contributed by atoms with Crippen LogP contribution in [0.4, 0.5) is 13.2 Å². The number of ether oxygens (including phenoxy) is 2. The lowest BCUT2D eigenvalue weighted by Gasteiger charge is -2.12. The summed E-state index contributed by atoms with van der Waals surface area (Å²) >= 11 is 0.936. The van der Waals surface area contributed by atoms with Crippen LogP contribution in [0, 0.1) is 0 Å². The smallest absolute Gasteiger partial charge is 0.434 e. The van der Waals surface area contributed by atoms with Crippen molar-refractivity contribution in [2.24, 2.45) is 4.99 Å². The monoisotopic (exact) mass is 402 g/mol. The molecule has 0 unspecified atom stereocenters. The van der Waals surface area contributed by atoms with E-state index in [1.54, 1.807) is 31.4 Å². The van der Waals surface area contributed by atoms with Crippen LogP contribution in [0.15, 0.2) is 34.6 Å². The second-order valence-electron chi connectivity index (χ2n) is 5.27. The quantitative estimate of drug-likeness (QED) is 0.403. The summed E-state index contributed by atoms with van der Waals surface area (Å²) in [4.78, 5) is 7.81. The summed E-state index contributed by atoms with van der Waals surface area (Å²) in [6, 6.07) is 7.21. The Hall–Kier alpha value is -2.49. The minimum absolute atomic E-state index is 0.0649. The highest BCUT2D eigenvalue weighted by Crippen LogP contribution is 2.30. The minimum Gasteiger partial charge on any atom is -0.497 e. The Morgan fingerprint density at radius 2 is 1.89 bits per heavy atom. The lowest BCUT2D eigenvalue weighted by atomic mass is 10.3. The molecule has 0 aliphatic rings. The van der Waals surface area contributed by atoms with Gasteiger partial charge in [-0.1, -0.05) is 0 Å². The molecule has 0 fully saturated rings. The van der Waals surface area contributed by atoms with Gasteiger partial charge < -0.3 is 20.1 Å². The van der Waals surface area contributed by atoms with E-state index >= 15 is 0 Å². The predicted octanol–water partition coefficient (Wildman–Crippen LogP) is 3.30. The Morgan fingerprint density at radius 1 is 1.19 bits per heavy atom. The molecule has 0 spiro atoms. The molecule has 2 aromatic rings. The lowest BCUT2D eigenvalue weighted by Crippen LogP contribution is -2.39. The number of hydrogen-bond donors (Lipinski definition) is 2. The largest absolute Gasteiger partial charge is 0.497 e. The summed E-state index contributed by atoms with van der Waals surface area (Å²) in [5.74, 6) is 1.94. The van der Waals surface area contributed by atoms with E-state index in [4.69, 9.17) is 9.47 Å². The fourth-order valence-electron chi connectivity index (χ4n) is 2.01. The zero-order valence-corrected chi connectivity index (χ0v) is 15.8. The molecule has 2 rings (SSSR count). The van der Waals surface area contributed by atoms with Crippen LogP contribution in [0.3, 0.4) is 0 Å². The molecule has 0 bridgehead atoms. The molecule has 0 aliphatic heterocycles. The van der Waals surface area contributed by atoms with Gasteiger partial charge >= 0.3 is 6.18 Å². The summed E-state index contributed by atoms with van der Waals surface area (Å²) in [7, 11) is 1.59. The van der Waals surface area contributed by atoms with Gasteiger partial charge in [0.05, 0.1) is 20.2 Å². The van der Waals surface area contributed by atoms with Crippen LogP contribution < -0.4 is 20.1 Å². The first-order chi connectivity index (χ1) is 12.9. The highest BCUT2D eigenvalue weighted by molar-refractivity contribution is 7.09. The van der Waals surface area contributed by atoms with Crippen LogP contribution in [-0.4, -0.2) is 37.7 Å². The van der Waals surface area contributed by atoms with E-state index in [9.17, 15) is 13.2 Å². The molecular weight excluding hydrogens is 381 g/mol. The fourth-order valence-corrected chi connectivity index (χ4v) is 2.74. The molecule has 1 aromatic carbocycles. The number of benzene rings is 1. The summed E-state index contributed by atoms with van der Waals surface area (Å²) in [6.07, 6.45) is -4.43. The van der Waals surface area contributed by atoms with E-state index in [0.717, 1.165) is 22.5 Å². The van der Waals surface area contributed by atoms with Crippen molar-refractivity contribution in [3.8, 4) is 11.5 Å². The van der Waals surface area contributed by atoms with Crippen molar-refractivity contribution in [3.63, 3.8) is 0 Å². The third kappa shape index (κ3) is 6.97. The van der Waals surface area contributed by atoms with Gasteiger partial charge in [0.1, 0.15) is 23.1 Å². The van der Waals surface area contributed by atoms with E-state index in [0.29, 0.717) is 36.4 Å². The van der Waals surface area contributed by atoms with Gasteiger partial charge in [-0.3, -0.25) is 0 Å². The molecule has 0 aliphatic carbocycles. The summed E-state index contributed by atoms with van der Waals surface area (Å²) in [6.45, 7) is 3.46. The highest BCUT2D eigenvalue weighted by Gasteiger charge is 2.33. The SMILES string of the molecule is CCNC(=NCc1nc(C(F)(F)F)cs1)NCCOc1ccc(OC)cc1. The second kappa shape index (κ2) is 10.0. The minimum atomic E-state index is -4.43. The van der Waals surface area contributed by atoms with Gasteiger partial charge in [0.2, 0.25) is 0 Å². The molecule has 0 saturated heterocycles. The lowest BCUT2D eigenvalue weighted by molar-refractivity contribution is -0.140. The van der Waals surface area contributed by atoms with Crippen molar-refractivity contribution in [3.05, 3.63) is 40.3 Å². The van der Waals surface area contributed by atoms with Crippen LogP contribution in [0.1, 0.15) is 17.6 Å². The first-order valence-electron chi connectivity index (χ1n) is 8.23. The number of hydrogen-bond acceptors (Lipinski definition) is 5. The number of thiazole rings is 1. The molecule has 10 heteroatoms. The van der Waals surface area contributed by atoms with Crippen LogP contribution in [0.2, 0.25) is 0 Å². The van der Waals surface area contributed by atoms with Crippen molar-refractivity contribution in [1.29, 1.82) is 0 Å². The molecule has 6 nitrogen and oxygen atoms in total. The van der Waals surface area contributed by atoms with Gasteiger partial charge in [-0.2, -0.15) is 13.2 Å². The Kier molecular flexibility index (Phi) is 7.71. The molecule has 27 heavy (non-hydrogen) atoms. The van der Waals surface area contributed by atoms with Gasteiger partial charge in [-0.25, -0.2) is 9.98 Å². The van der Waals surface area contributed by atoms with E-state index in [2.05, 4.69) is 20.6 Å². The molecule has 1 heterocycles. The average molecular weight is 402 g/mol. The molecule has 2 N–H and O–H groups in total. The number of halogens is 3. The maximum atomic E-state index is 12.6. The number of methoxy groups -OCH3 is 1. The Balaban J connectivity index is 1.81. The van der Waals surface area contributed by atoms with Crippen LogP contribution >= 0.6 is 11.3 Å². The number of aliphatic imine (C=N–C) groups is 1. The third-order valence-electron chi connectivity index (χ3n) is 3.28. The molecule has 0 atom stereocenters. The third-order valence-corrected chi connectivity index (χ3v) is 4.12. The van der Waals surface area contributed by atoms with E-state index in [1.165, 1.54) is 0 Å². The summed E-state index contributed by atoms with van der Waals surface area (Å²) in [5.41, 5.74) is -0.886. The molecule has 0 radical (unpaired) electrons. The van der Waals surface area contributed by atoms with Crippen LogP contribution in [0.25, 0.3) is 0 Å². The summed E-state index contributed by atoms with van der Waals surface area (Å²) < 4.78 is 48.4. The molecule has 1 aromatic heterocycles. The van der Waals surface area contributed by atoms with Gasteiger partial charge in [-0.05, 0) is 31.2 Å². The summed E-state index contributed by atoms with van der Waals surface area (Å²) in [5, 5.41) is 7.38. The first kappa shape index (κ1) is 20.8. The molecule has 148 valence electrons. The van der Waals surface area contributed by atoms with Crippen molar-refractivity contribution in [2.45, 2.75) is 19.6 Å². The van der Waals surface area contributed by atoms with Gasteiger partial charge in [0, 0.05) is 11.9 Å². The van der Waals surface area contributed by atoms with Gasteiger partial charge in [0.25, 0.3) is 0 Å². The van der Waals surface area contributed by atoms with E-state index in [-0.39, 0.29) is 6.54 Å². The predicted molar refractivity (Wildman–Crippen MR) is 98.4 cm³/mol. The van der Waals surface area contributed by atoms with Crippen molar-refractivity contribution >= 4 is 17.3 Å². The second-order valence-corrected chi connectivity index (χ2v) is 6.21. The topological polar surface area (TPSA) is 67.8 Å². The number of alkyl halides is 3. The van der Waals surface area contributed by atoms with Crippen molar-refractivity contribution < 1.29 is 22.6 Å². The molecular formula is C17H21F3N4O2S. The number of nitrogens with one attached hydrogen (secondary N) is 2. The first-order valence-corrected chi connectivity index (χ1v) is 9.11. The van der Waals surface area contributed by atoms with Crippen LogP contribution in [0.5, 0.6) is 11.5 Å². The van der Waals surface area contributed by atoms with Gasteiger partial charge in [-0.15, -0.1) is 11.3 Å². The number of guanidine groups is 1. The number of nitrogens with zero attached hydrogens (tertiary/aromatic N) is 2. The Morgan fingerprint density at radius 3 is 2.48 bits per heavy atom. The average Bonchev–Trinajstić information content (AvgIpc) is 3.13. The fraction of sp³-hybridized carbons (Fsp3) is 0.412. The zero-order chi connectivity index (χ0) is 19.7. The van der Waals surface area contributed by atoms with Crippen molar-refractivity contribution in [1.82, 2.24) is 15.6 Å². The number of aromatic nitrogens is 1. The van der Waals surface area contributed by atoms with Gasteiger partial charge in [0.15, 0.2) is 11.7 Å². The highest BCUT2D eigenvalue weighted by atomic mass is 32.1. The molecule has 0 saturated carbocycles. The number of rotatable bonds is 8.